The number of carboxylic acids is 1. The van der Waals surface area contributed by atoms with Gasteiger partial charge in [-0.05, 0) is 54.1 Å². The summed E-state index contributed by atoms with van der Waals surface area (Å²) in [6, 6.07) is 37.4. The first-order valence-corrected chi connectivity index (χ1v) is 11.0. The third kappa shape index (κ3) is 4.54. The highest BCUT2D eigenvalue weighted by atomic mass is 16.4. The van der Waals surface area contributed by atoms with Gasteiger partial charge in [0.25, 0.3) is 0 Å². The summed E-state index contributed by atoms with van der Waals surface area (Å²) in [7, 11) is 0. The summed E-state index contributed by atoms with van der Waals surface area (Å²) in [4.78, 5) is 13.2. The van der Waals surface area contributed by atoms with Gasteiger partial charge < -0.3 is 14.4 Å². The van der Waals surface area contributed by atoms with E-state index in [4.69, 9.17) is 14.8 Å². The van der Waals surface area contributed by atoms with Crippen LogP contribution in [0.1, 0.15) is 5.56 Å². The van der Waals surface area contributed by atoms with Crippen molar-refractivity contribution in [2.24, 2.45) is 0 Å². The van der Waals surface area contributed by atoms with Crippen molar-refractivity contribution in [1.29, 1.82) is 5.26 Å². The molecule has 0 fully saturated rings. The first-order valence-electron chi connectivity index (χ1n) is 11.0. The smallest absolute Gasteiger partial charge is 0.346 e. The summed E-state index contributed by atoms with van der Waals surface area (Å²) in [5.74, 6) is -0.540. The SMILES string of the molecule is N#CC(=Cc1ccc(-c2cc3ccc(N(c4ccccc4)c4ccccc4)cc3o2)cc1)C(=O)O. The minimum atomic E-state index is -1.25. The third-order valence-corrected chi connectivity index (χ3v) is 5.65. The maximum absolute atomic E-state index is 11.1. The summed E-state index contributed by atoms with van der Waals surface area (Å²) in [5, 5.41) is 19.0. The van der Waals surface area contributed by atoms with Crippen molar-refractivity contribution in [3.63, 3.8) is 0 Å². The molecule has 0 atom stereocenters. The number of aliphatic carboxylic acids is 1. The van der Waals surface area contributed by atoms with Crippen molar-refractivity contribution in [3.8, 4) is 17.4 Å². The third-order valence-electron chi connectivity index (χ3n) is 5.65. The molecule has 4 aromatic carbocycles. The van der Waals surface area contributed by atoms with Crippen LogP contribution in [0.25, 0.3) is 28.4 Å². The Morgan fingerprint density at radius 2 is 1.43 bits per heavy atom. The molecular formula is C30H20N2O3. The van der Waals surface area contributed by atoms with Crippen molar-refractivity contribution in [2.45, 2.75) is 0 Å². The number of nitriles is 1. The van der Waals surface area contributed by atoms with E-state index in [9.17, 15) is 4.79 Å². The minimum absolute atomic E-state index is 0.310. The number of carbonyl (C=O) groups is 1. The van der Waals surface area contributed by atoms with E-state index < -0.39 is 5.97 Å². The van der Waals surface area contributed by atoms with E-state index in [-0.39, 0.29) is 5.57 Å². The molecule has 0 radical (unpaired) electrons. The fourth-order valence-electron chi connectivity index (χ4n) is 3.95. The highest BCUT2D eigenvalue weighted by molar-refractivity contribution is 5.96. The van der Waals surface area contributed by atoms with Gasteiger partial charge in [0.1, 0.15) is 23.0 Å². The van der Waals surface area contributed by atoms with Gasteiger partial charge in [0.05, 0.1) is 0 Å². The second kappa shape index (κ2) is 9.42. The highest BCUT2D eigenvalue weighted by Gasteiger charge is 2.14. The Bertz CT molecular complexity index is 1520. The van der Waals surface area contributed by atoms with Crippen LogP contribution in [-0.4, -0.2) is 11.1 Å². The molecule has 0 aliphatic heterocycles. The molecule has 0 aliphatic carbocycles. The van der Waals surface area contributed by atoms with Crippen LogP contribution in [0.3, 0.4) is 0 Å². The predicted octanol–water partition coefficient (Wildman–Crippen LogP) is 7.56. The molecule has 1 aromatic heterocycles. The Hall–Kier alpha value is -5.08. The second-order valence-corrected chi connectivity index (χ2v) is 7.94. The van der Waals surface area contributed by atoms with Crippen LogP contribution in [0.2, 0.25) is 0 Å². The van der Waals surface area contributed by atoms with E-state index in [0.29, 0.717) is 11.3 Å². The van der Waals surface area contributed by atoms with Crippen molar-refractivity contribution >= 4 is 40.1 Å². The number of para-hydroxylation sites is 2. The van der Waals surface area contributed by atoms with Crippen LogP contribution >= 0.6 is 0 Å². The number of hydrogen-bond acceptors (Lipinski definition) is 4. The molecule has 5 heteroatoms. The summed E-state index contributed by atoms with van der Waals surface area (Å²) >= 11 is 0. The second-order valence-electron chi connectivity index (χ2n) is 7.94. The highest BCUT2D eigenvalue weighted by Crippen LogP contribution is 2.37. The molecule has 0 unspecified atom stereocenters. The Morgan fingerprint density at radius 1 is 0.800 bits per heavy atom. The predicted molar refractivity (Wildman–Crippen MR) is 138 cm³/mol. The quantitative estimate of drug-likeness (QED) is 0.211. The topological polar surface area (TPSA) is 77.5 Å². The lowest BCUT2D eigenvalue weighted by atomic mass is 10.1. The standard InChI is InChI=1S/C30H20N2O3/c31-20-24(30(33)34)17-21-11-13-22(14-12-21)28-18-23-15-16-27(19-29(23)35-28)32(25-7-3-1-4-8-25)26-9-5-2-6-10-26/h1-19H,(H,33,34). The fraction of sp³-hybridized carbons (Fsp3) is 0. The van der Waals surface area contributed by atoms with Crippen LogP contribution in [-0.2, 0) is 4.79 Å². The maximum Gasteiger partial charge on any atom is 0.346 e. The van der Waals surface area contributed by atoms with Gasteiger partial charge in [-0.3, -0.25) is 0 Å². The molecular weight excluding hydrogens is 436 g/mol. The number of carboxylic acid groups (broad SMARTS) is 1. The zero-order valence-electron chi connectivity index (χ0n) is 18.6. The van der Waals surface area contributed by atoms with Gasteiger partial charge in [-0.1, -0.05) is 60.7 Å². The number of fused-ring (bicyclic) bond motifs is 1. The zero-order chi connectivity index (χ0) is 24.2. The van der Waals surface area contributed by atoms with E-state index >= 15 is 0 Å². The number of rotatable bonds is 6. The molecule has 5 nitrogen and oxygen atoms in total. The molecule has 168 valence electrons. The van der Waals surface area contributed by atoms with E-state index in [1.807, 2.05) is 66.7 Å². The summed E-state index contributed by atoms with van der Waals surface area (Å²) in [6.07, 6.45) is 1.35. The molecule has 5 rings (SSSR count). The normalized spacial score (nSPS) is 11.2. The monoisotopic (exact) mass is 456 g/mol. The van der Waals surface area contributed by atoms with Crippen molar-refractivity contribution in [1.82, 2.24) is 0 Å². The first kappa shape index (κ1) is 21.7. The van der Waals surface area contributed by atoms with Crippen LogP contribution in [0.5, 0.6) is 0 Å². The molecule has 5 aromatic rings. The molecule has 1 heterocycles. The van der Waals surface area contributed by atoms with Gasteiger partial charge in [0, 0.05) is 34.1 Å². The Kier molecular flexibility index (Phi) is 5.85. The Morgan fingerprint density at radius 3 is 2.00 bits per heavy atom. The molecule has 0 spiro atoms. The number of benzene rings is 4. The van der Waals surface area contributed by atoms with Gasteiger partial charge in [0.15, 0.2) is 0 Å². The lowest BCUT2D eigenvalue weighted by molar-refractivity contribution is -0.132. The van der Waals surface area contributed by atoms with Gasteiger partial charge in [-0.25, -0.2) is 4.79 Å². The number of nitrogens with zero attached hydrogens (tertiary/aromatic N) is 2. The van der Waals surface area contributed by atoms with Gasteiger partial charge in [0.2, 0.25) is 0 Å². The van der Waals surface area contributed by atoms with Crippen LogP contribution < -0.4 is 4.90 Å². The zero-order valence-corrected chi connectivity index (χ0v) is 18.6. The lowest BCUT2D eigenvalue weighted by Crippen LogP contribution is -2.09. The van der Waals surface area contributed by atoms with Gasteiger partial charge in [-0.15, -0.1) is 0 Å². The summed E-state index contributed by atoms with van der Waals surface area (Å²) in [5.41, 5.74) is 5.02. The average molecular weight is 457 g/mol. The van der Waals surface area contributed by atoms with Crippen LogP contribution in [0, 0.1) is 11.3 Å². The molecule has 0 saturated heterocycles. The maximum atomic E-state index is 11.1. The Labute approximate surface area is 202 Å². The molecule has 35 heavy (non-hydrogen) atoms. The molecule has 0 amide bonds. The van der Waals surface area contributed by atoms with E-state index in [0.717, 1.165) is 33.6 Å². The largest absolute Gasteiger partial charge is 0.477 e. The number of anilines is 3. The number of furan rings is 1. The van der Waals surface area contributed by atoms with E-state index in [1.165, 1.54) is 6.08 Å². The van der Waals surface area contributed by atoms with Gasteiger partial charge in [-0.2, -0.15) is 5.26 Å². The van der Waals surface area contributed by atoms with E-state index in [1.54, 1.807) is 18.2 Å². The summed E-state index contributed by atoms with van der Waals surface area (Å²) in [6.45, 7) is 0. The average Bonchev–Trinajstić information content (AvgIpc) is 3.32. The van der Waals surface area contributed by atoms with Gasteiger partial charge >= 0.3 is 5.97 Å². The van der Waals surface area contributed by atoms with Crippen LogP contribution in [0.15, 0.2) is 119 Å². The van der Waals surface area contributed by atoms with E-state index in [2.05, 4.69) is 35.2 Å². The summed E-state index contributed by atoms with van der Waals surface area (Å²) < 4.78 is 6.21. The van der Waals surface area contributed by atoms with Crippen LogP contribution in [0.4, 0.5) is 17.1 Å². The number of hydrogen-bond donors (Lipinski definition) is 1. The fourth-order valence-corrected chi connectivity index (χ4v) is 3.95. The lowest BCUT2D eigenvalue weighted by Gasteiger charge is -2.25. The van der Waals surface area contributed by atoms with Crippen molar-refractivity contribution < 1.29 is 14.3 Å². The first-order chi connectivity index (χ1) is 17.1. The minimum Gasteiger partial charge on any atom is -0.477 e. The molecule has 0 saturated carbocycles. The molecule has 0 bridgehead atoms. The van der Waals surface area contributed by atoms with Crippen molar-refractivity contribution in [2.75, 3.05) is 4.90 Å². The molecule has 1 N–H and O–H groups in total. The molecule has 0 aliphatic rings. The Balaban J connectivity index is 1.51. The van der Waals surface area contributed by atoms with Crippen molar-refractivity contribution in [3.05, 3.63) is 120 Å².